The molecule has 0 bridgehead atoms. The van der Waals surface area contributed by atoms with E-state index in [2.05, 4.69) is 15.9 Å². The van der Waals surface area contributed by atoms with E-state index in [1.807, 2.05) is 0 Å². The van der Waals surface area contributed by atoms with Crippen molar-refractivity contribution >= 4 is 28.3 Å². The average molecular weight is 273 g/mol. The zero-order valence-corrected chi connectivity index (χ0v) is 9.04. The van der Waals surface area contributed by atoms with Crippen LogP contribution >= 0.6 is 28.3 Å². The Balaban J connectivity index is 0.00000144. The molecule has 0 spiro atoms. The third-order valence-corrected chi connectivity index (χ3v) is 2.15. The lowest BCUT2D eigenvalue weighted by molar-refractivity contribution is 0.436. The van der Waals surface area contributed by atoms with E-state index in [0.29, 0.717) is 10.0 Å². The van der Waals surface area contributed by atoms with Crippen LogP contribution in [0.3, 0.4) is 0 Å². The highest BCUT2D eigenvalue weighted by Crippen LogP contribution is 2.20. The normalized spacial score (nSPS) is 12.0. The molecule has 0 unspecified atom stereocenters. The number of benzene rings is 1. The SMILES string of the molecule is Cl.N[C@H](CF)c1ccc(F)c(Br)c1. The second kappa shape index (κ2) is 5.52. The molecule has 1 aromatic rings. The molecule has 0 saturated carbocycles. The lowest BCUT2D eigenvalue weighted by Gasteiger charge is -2.07. The van der Waals surface area contributed by atoms with Crippen molar-refractivity contribution in [2.45, 2.75) is 6.04 Å². The lowest BCUT2D eigenvalue weighted by atomic mass is 10.1. The monoisotopic (exact) mass is 271 g/mol. The van der Waals surface area contributed by atoms with Gasteiger partial charge in [0, 0.05) is 0 Å². The highest BCUT2D eigenvalue weighted by molar-refractivity contribution is 9.10. The summed E-state index contributed by atoms with van der Waals surface area (Å²) in [6.45, 7) is -0.641. The smallest absolute Gasteiger partial charge is 0.137 e. The molecule has 0 aliphatic heterocycles. The van der Waals surface area contributed by atoms with Crippen molar-refractivity contribution in [3.8, 4) is 0 Å². The van der Waals surface area contributed by atoms with Crippen LogP contribution in [0.25, 0.3) is 0 Å². The number of nitrogens with two attached hydrogens (primary N) is 1. The van der Waals surface area contributed by atoms with Crippen LogP contribution in [0.15, 0.2) is 22.7 Å². The van der Waals surface area contributed by atoms with Gasteiger partial charge in [-0.1, -0.05) is 6.07 Å². The van der Waals surface area contributed by atoms with Crippen LogP contribution in [0.5, 0.6) is 0 Å². The van der Waals surface area contributed by atoms with Gasteiger partial charge in [0.2, 0.25) is 0 Å². The molecule has 1 rings (SSSR count). The van der Waals surface area contributed by atoms with E-state index >= 15 is 0 Å². The molecule has 0 amide bonds. The average Bonchev–Trinajstić information content (AvgIpc) is 2.08. The molecule has 0 radical (unpaired) electrons. The van der Waals surface area contributed by atoms with Crippen LogP contribution in [0.1, 0.15) is 11.6 Å². The molecule has 2 N–H and O–H groups in total. The maximum Gasteiger partial charge on any atom is 0.137 e. The molecule has 1 aromatic carbocycles. The van der Waals surface area contributed by atoms with E-state index in [4.69, 9.17) is 5.73 Å². The van der Waals surface area contributed by atoms with E-state index in [0.717, 1.165) is 0 Å². The summed E-state index contributed by atoms with van der Waals surface area (Å²) in [6, 6.07) is 3.56. The van der Waals surface area contributed by atoms with Gasteiger partial charge in [-0.15, -0.1) is 12.4 Å². The first-order chi connectivity index (χ1) is 5.65. The van der Waals surface area contributed by atoms with Crippen LogP contribution in [0.4, 0.5) is 8.78 Å². The maximum absolute atomic E-state index is 12.7. The third kappa shape index (κ3) is 3.21. The van der Waals surface area contributed by atoms with Gasteiger partial charge in [0.05, 0.1) is 10.5 Å². The molecule has 1 nitrogen and oxygen atoms in total. The second-order valence-corrected chi connectivity index (χ2v) is 3.29. The Kier molecular flexibility index (Phi) is 5.44. The molecule has 0 aromatic heterocycles. The molecule has 0 fully saturated rings. The van der Waals surface area contributed by atoms with E-state index in [1.165, 1.54) is 18.2 Å². The van der Waals surface area contributed by atoms with Gasteiger partial charge in [-0.25, -0.2) is 8.78 Å². The predicted octanol–water partition coefficient (Wildman–Crippen LogP) is 2.98. The van der Waals surface area contributed by atoms with Crippen LogP contribution in [-0.2, 0) is 0 Å². The minimum absolute atomic E-state index is 0. The first kappa shape index (κ1) is 12.8. The van der Waals surface area contributed by atoms with Gasteiger partial charge in [-0.05, 0) is 33.6 Å². The summed E-state index contributed by atoms with van der Waals surface area (Å²) in [5.41, 5.74) is 5.98. The molecule has 13 heavy (non-hydrogen) atoms. The van der Waals surface area contributed by atoms with E-state index in [-0.39, 0.29) is 18.2 Å². The van der Waals surface area contributed by atoms with Gasteiger partial charge in [0.1, 0.15) is 12.5 Å². The maximum atomic E-state index is 12.7. The summed E-state index contributed by atoms with van der Waals surface area (Å²) in [5, 5.41) is 0. The Bertz CT molecular complexity index is 283. The molecule has 0 saturated heterocycles. The number of rotatable bonds is 2. The van der Waals surface area contributed by atoms with Crippen molar-refractivity contribution in [2.75, 3.05) is 6.67 Å². The van der Waals surface area contributed by atoms with E-state index in [9.17, 15) is 8.78 Å². The Morgan fingerprint density at radius 1 is 1.46 bits per heavy atom. The van der Waals surface area contributed by atoms with Crippen molar-refractivity contribution in [3.05, 3.63) is 34.1 Å². The molecule has 0 aliphatic rings. The fourth-order valence-corrected chi connectivity index (χ4v) is 1.23. The summed E-state index contributed by atoms with van der Waals surface area (Å²) in [5.74, 6) is -0.371. The van der Waals surface area contributed by atoms with Crippen molar-refractivity contribution in [1.29, 1.82) is 0 Å². The van der Waals surface area contributed by atoms with Crippen LogP contribution in [0, 0.1) is 5.82 Å². The van der Waals surface area contributed by atoms with E-state index in [1.54, 1.807) is 0 Å². The third-order valence-electron chi connectivity index (χ3n) is 1.54. The van der Waals surface area contributed by atoms with Gasteiger partial charge >= 0.3 is 0 Å². The number of halogens is 4. The zero-order chi connectivity index (χ0) is 9.14. The zero-order valence-electron chi connectivity index (χ0n) is 6.64. The van der Waals surface area contributed by atoms with Gasteiger partial charge in [-0.3, -0.25) is 0 Å². The van der Waals surface area contributed by atoms with Crippen molar-refractivity contribution < 1.29 is 8.78 Å². The molecule has 0 heterocycles. The predicted molar refractivity (Wildman–Crippen MR) is 54.3 cm³/mol. The fourth-order valence-electron chi connectivity index (χ4n) is 0.832. The summed E-state index contributed by atoms with van der Waals surface area (Å²) >= 11 is 2.99. The Labute approximate surface area is 89.9 Å². The minimum atomic E-state index is -0.665. The van der Waals surface area contributed by atoms with Gasteiger partial charge in [-0.2, -0.15) is 0 Å². The van der Waals surface area contributed by atoms with Gasteiger partial charge in [0.15, 0.2) is 0 Å². The first-order valence-electron chi connectivity index (χ1n) is 3.41. The lowest BCUT2D eigenvalue weighted by Crippen LogP contribution is -2.12. The molecular formula is C8H9BrClF2N. The highest BCUT2D eigenvalue weighted by Gasteiger charge is 2.07. The number of hydrogen-bond donors (Lipinski definition) is 1. The van der Waals surface area contributed by atoms with E-state index < -0.39 is 12.7 Å². The molecule has 5 heteroatoms. The van der Waals surface area contributed by atoms with Gasteiger partial charge in [0.25, 0.3) is 0 Å². The Hall–Kier alpha value is -0.190. The van der Waals surface area contributed by atoms with Crippen molar-refractivity contribution in [1.82, 2.24) is 0 Å². The van der Waals surface area contributed by atoms with Crippen LogP contribution in [-0.4, -0.2) is 6.67 Å². The standard InChI is InChI=1S/C8H8BrF2N.ClH/c9-6-3-5(8(12)4-10)1-2-7(6)11;/h1-3,8H,4,12H2;1H/t8-;/m1./s1. The minimum Gasteiger partial charge on any atom is -0.322 e. The summed E-state index contributed by atoms with van der Waals surface area (Å²) in [6.07, 6.45) is 0. The van der Waals surface area contributed by atoms with Crippen LogP contribution in [0.2, 0.25) is 0 Å². The number of alkyl halides is 1. The summed E-state index contributed by atoms with van der Waals surface area (Å²) in [7, 11) is 0. The Morgan fingerprint density at radius 3 is 2.54 bits per heavy atom. The molecule has 0 aliphatic carbocycles. The number of hydrogen-bond acceptors (Lipinski definition) is 1. The fraction of sp³-hybridized carbons (Fsp3) is 0.250. The van der Waals surface area contributed by atoms with Crippen molar-refractivity contribution in [2.24, 2.45) is 5.73 Å². The highest BCUT2D eigenvalue weighted by atomic mass is 79.9. The Morgan fingerprint density at radius 2 is 2.08 bits per heavy atom. The van der Waals surface area contributed by atoms with Gasteiger partial charge < -0.3 is 5.73 Å². The molecular weight excluding hydrogens is 263 g/mol. The topological polar surface area (TPSA) is 26.0 Å². The molecule has 1 atom stereocenters. The quantitative estimate of drug-likeness (QED) is 0.880. The largest absolute Gasteiger partial charge is 0.322 e. The summed E-state index contributed by atoms with van der Waals surface area (Å²) < 4.78 is 25.1. The molecule has 74 valence electrons. The van der Waals surface area contributed by atoms with Crippen molar-refractivity contribution in [3.63, 3.8) is 0 Å². The second-order valence-electron chi connectivity index (χ2n) is 2.43. The van der Waals surface area contributed by atoms with Crippen LogP contribution < -0.4 is 5.73 Å². The summed E-state index contributed by atoms with van der Waals surface area (Å²) in [4.78, 5) is 0. The first-order valence-corrected chi connectivity index (χ1v) is 4.21.